The maximum atomic E-state index is 6.04. The molecule has 6 heteroatoms. The minimum Gasteiger partial charge on any atom is -0.399 e. The van der Waals surface area contributed by atoms with Gasteiger partial charge in [-0.25, -0.2) is 4.98 Å². The Morgan fingerprint density at radius 2 is 1.95 bits per heavy atom. The van der Waals surface area contributed by atoms with Crippen LogP contribution in [0.4, 0.5) is 0 Å². The van der Waals surface area contributed by atoms with E-state index < -0.39 is 0 Å². The lowest BCUT2D eigenvalue weighted by molar-refractivity contribution is 0.00578. The van der Waals surface area contributed by atoms with Crippen LogP contribution in [0, 0.1) is 0 Å². The van der Waals surface area contributed by atoms with E-state index in [1.165, 1.54) is 0 Å². The lowest BCUT2D eigenvalue weighted by atomic mass is 9.89. The third-order valence-electron chi connectivity index (χ3n) is 4.31. The van der Waals surface area contributed by atoms with Crippen molar-refractivity contribution in [1.82, 2.24) is 4.98 Å². The lowest BCUT2D eigenvalue weighted by Crippen LogP contribution is -2.41. The normalized spacial score (nSPS) is 29.1. The summed E-state index contributed by atoms with van der Waals surface area (Å²) in [5, 5.41) is 1.14. The summed E-state index contributed by atoms with van der Waals surface area (Å²) in [4.78, 5) is 4.52. The summed E-state index contributed by atoms with van der Waals surface area (Å²) in [6.45, 7) is 9.91. The Hall–Kier alpha value is -0.425. The number of ether oxygens (including phenoxy) is 1. The molecule has 1 atom stereocenters. The molecule has 1 aromatic rings. The topological polar surface area (TPSA) is 40.6 Å². The first-order chi connectivity index (χ1) is 8.89. The third kappa shape index (κ3) is 2.35. The maximum Gasteiger partial charge on any atom is 0.507 e. The van der Waals surface area contributed by atoms with Crippen LogP contribution in [0.2, 0.25) is 0 Å². The molecule has 0 spiro atoms. The van der Waals surface area contributed by atoms with Gasteiger partial charge in [0.05, 0.1) is 27.6 Å². The van der Waals surface area contributed by atoms with Crippen LogP contribution in [-0.2, 0) is 14.0 Å². The molecule has 0 bridgehead atoms. The third-order valence-corrected chi connectivity index (χ3v) is 5.49. The monoisotopic (exact) mass is 281 g/mol. The highest BCUT2D eigenvalue weighted by atomic mass is 32.1. The number of hydrogen-bond acceptors (Lipinski definition) is 5. The molecule has 2 aliphatic rings. The summed E-state index contributed by atoms with van der Waals surface area (Å²) in [6.07, 6.45) is 2.96. The Labute approximate surface area is 118 Å². The number of aromatic nitrogens is 1. The molecule has 1 aromatic heterocycles. The molecule has 0 aliphatic carbocycles. The van der Waals surface area contributed by atoms with Crippen molar-refractivity contribution in [1.29, 1.82) is 0 Å². The highest BCUT2D eigenvalue weighted by Gasteiger charge is 2.52. The fraction of sp³-hybridized carbons (Fsp3) is 0.769. The molecular formula is C13H20BNO3S. The van der Waals surface area contributed by atoms with Crippen LogP contribution in [0.5, 0.6) is 0 Å². The number of nitrogens with zero attached hydrogens (tertiary/aromatic N) is 1. The second-order valence-corrected chi connectivity index (χ2v) is 7.34. The summed E-state index contributed by atoms with van der Waals surface area (Å²) < 4.78 is 18.6. The van der Waals surface area contributed by atoms with E-state index in [1.807, 2.05) is 6.20 Å². The zero-order valence-electron chi connectivity index (χ0n) is 11.9. The first-order valence-corrected chi connectivity index (χ1v) is 7.60. The van der Waals surface area contributed by atoms with Crippen LogP contribution >= 0.6 is 11.3 Å². The van der Waals surface area contributed by atoms with Crippen molar-refractivity contribution >= 4 is 23.2 Å². The van der Waals surface area contributed by atoms with Crippen molar-refractivity contribution in [2.45, 2.75) is 51.2 Å². The Balaban J connectivity index is 1.77. The highest BCUT2D eigenvalue weighted by molar-refractivity contribution is 7.22. The second-order valence-electron chi connectivity index (χ2n) is 6.25. The van der Waals surface area contributed by atoms with E-state index in [-0.39, 0.29) is 18.3 Å². The van der Waals surface area contributed by atoms with Gasteiger partial charge in [-0.1, -0.05) is 0 Å². The van der Waals surface area contributed by atoms with E-state index in [2.05, 4.69) is 32.7 Å². The van der Waals surface area contributed by atoms with E-state index in [4.69, 9.17) is 14.0 Å². The Morgan fingerprint density at radius 3 is 2.53 bits per heavy atom. The summed E-state index contributed by atoms with van der Waals surface area (Å²) in [5.41, 5.74) is -0.587. The second kappa shape index (κ2) is 4.55. The van der Waals surface area contributed by atoms with Gasteiger partial charge in [-0.2, -0.15) is 0 Å². The molecule has 2 saturated heterocycles. The van der Waals surface area contributed by atoms with E-state index in [0.29, 0.717) is 5.92 Å². The van der Waals surface area contributed by atoms with E-state index in [1.54, 1.807) is 11.3 Å². The SMILES string of the molecule is CC1(C)OB(c2cnc(C3CCOC3)s2)OC1(C)C. The van der Waals surface area contributed by atoms with Gasteiger partial charge in [0.25, 0.3) is 0 Å². The molecule has 1 unspecified atom stereocenters. The molecular weight excluding hydrogens is 261 g/mol. The fourth-order valence-corrected chi connectivity index (χ4v) is 3.28. The quantitative estimate of drug-likeness (QED) is 0.777. The lowest BCUT2D eigenvalue weighted by Gasteiger charge is -2.32. The van der Waals surface area contributed by atoms with Gasteiger partial charge in [0.2, 0.25) is 0 Å². The minimum absolute atomic E-state index is 0.293. The first kappa shape index (κ1) is 13.6. The fourth-order valence-electron chi connectivity index (χ4n) is 2.29. The summed E-state index contributed by atoms with van der Waals surface area (Å²) in [6, 6.07) is 0. The average Bonchev–Trinajstić information content (AvgIpc) is 3.00. The Morgan fingerprint density at radius 1 is 1.26 bits per heavy atom. The van der Waals surface area contributed by atoms with Crippen molar-refractivity contribution in [2.75, 3.05) is 13.2 Å². The number of hydrogen-bond donors (Lipinski definition) is 0. The van der Waals surface area contributed by atoms with Crippen LogP contribution < -0.4 is 4.78 Å². The van der Waals surface area contributed by atoms with Crippen LogP contribution in [0.3, 0.4) is 0 Å². The molecule has 3 rings (SSSR count). The van der Waals surface area contributed by atoms with Gasteiger partial charge in [0.1, 0.15) is 0 Å². The van der Waals surface area contributed by atoms with Gasteiger partial charge in [-0.3, -0.25) is 0 Å². The molecule has 0 aromatic carbocycles. The van der Waals surface area contributed by atoms with Gasteiger partial charge in [-0.05, 0) is 34.1 Å². The van der Waals surface area contributed by atoms with E-state index in [0.717, 1.165) is 29.4 Å². The van der Waals surface area contributed by atoms with Crippen molar-refractivity contribution in [3.05, 3.63) is 11.2 Å². The number of rotatable bonds is 2. The standard InChI is InChI=1S/C13H20BNO3S/c1-12(2)13(3,4)18-14(17-12)10-7-15-11(19-10)9-5-6-16-8-9/h7,9H,5-6,8H2,1-4H3. The van der Waals surface area contributed by atoms with Crippen LogP contribution in [0.15, 0.2) is 6.20 Å². The van der Waals surface area contributed by atoms with Crippen molar-refractivity contribution in [3.63, 3.8) is 0 Å². The maximum absolute atomic E-state index is 6.04. The molecule has 0 saturated carbocycles. The molecule has 4 nitrogen and oxygen atoms in total. The molecule has 0 amide bonds. The summed E-state index contributed by atoms with van der Waals surface area (Å²) >= 11 is 1.69. The van der Waals surface area contributed by atoms with E-state index >= 15 is 0 Å². The van der Waals surface area contributed by atoms with Crippen LogP contribution in [0.25, 0.3) is 0 Å². The number of thiazole rings is 1. The van der Waals surface area contributed by atoms with Crippen LogP contribution in [0.1, 0.15) is 45.0 Å². The molecule has 0 N–H and O–H groups in total. The Kier molecular flexibility index (Phi) is 3.25. The van der Waals surface area contributed by atoms with E-state index in [9.17, 15) is 0 Å². The van der Waals surface area contributed by atoms with Crippen molar-refractivity contribution < 1.29 is 14.0 Å². The van der Waals surface area contributed by atoms with Gasteiger partial charge < -0.3 is 14.0 Å². The Bertz CT molecular complexity index is 452. The van der Waals surface area contributed by atoms with Gasteiger partial charge in [0, 0.05) is 18.7 Å². The average molecular weight is 281 g/mol. The molecule has 2 aliphatic heterocycles. The molecule has 104 valence electrons. The predicted octanol–water partition coefficient (Wildman–Crippen LogP) is 1.95. The summed E-state index contributed by atoms with van der Waals surface area (Å²) in [7, 11) is -0.293. The molecule has 2 fully saturated rings. The largest absolute Gasteiger partial charge is 0.507 e. The van der Waals surface area contributed by atoms with Crippen molar-refractivity contribution in [2.24, 2.45) is 0 Å². The molecule has 0 radical (unpaired) electrons. The highest BCUT2D eigenvalue weighted by Crippen LogP contribution is 2.37. The molecule has 3 heterocycles. The van der Waals surface area contributed by atoms with Crippen LogP contribution in [-0.4, -0.2) is 36.5 Å². The van der Waals surface area contributed by atoms with Crippen molar-refractivity contribution in [3.8, 4) is 0 Å². The zero-order valence-corrected chi connectivity index (χ0v) is 12.8. The van der Waals surface area contributed by atoms with Gasteiger partial charge in [0.15, 0.2) is 0 Å². The smallest absolute Gasteiger partial charge is 0.399 e. The first-order valence-electron chi connectivity index (χ1n) is 6.78. The van der Waals surface area contributed by atoms with Gasteiger partial charge in [-0.15, -0.1) is 11.3 Å². The minimum atomic E-state index is -0.293. The zero-order chi connectivity index (χ0) is 13.7. The predicted molar refractivity (Wildman–Crippen MR) is 76.0 cm³/mol. The summed E-state index contributed by atoms with van der Waals surface area (Å²) in [5.74, 6) is 0.446. The van der Waals surface area contributed by atoms with Gasteiger partial charge >= 0.3 is 7.12 Å². The molecule has 19 heavy (non-hydrogen) atoms.